The molecule has 48 valence electrons. The molecule has 0 rings (SSSR count). The maximum atomic E-state index is 8.74. The molecule has 0 aromatic carbocycles. The fourth-order valence-electron chi connectivity index (χ4n) is 0. The molecule has 0 heterocycles. The van der Waals surface area contributed by atoms with Crippen LogP contribution in [0.2, 0.25) is 0 Å². The first kappa shape index (κ1) is 22.8. The minimum Gasteiger partial charge on any atom is -1.00 e. The third kappa shape index (κ3) is 161. The Morgan fingerprint density at radius 1 is 1.12 bits per heavy atom. The molecule has 0 aromatic rings. The average molecular weight is 169 g/mol. The monoisotopic (exact) mass is 168 g/mol. The molecule has 0 unspecified atom stereocenters. The summed E-state index contributed by atoms with van der Waals surface area (Å²) in [5.74, 6) is 0. The fourth-order valence-corrected chi connectivity index (χ4v) is 0. The number of rotatable bonds is 0. The summed E-state index contributed by atoms with van der Waals surface area (Å²) in [6, 6.07) is 0. The molecular formula is H8Mg2O5S. The molecule has 0 saturated heterocycles. The van der Waals surface area contributed by atoms with Gasteiger partial charge < -0.3 is 11.2 Å². The zero-order chi connectivity index (χ0) is 4.50. The Morgan fingerprint density at radius 2 is 1.12 bits per heavy atom. The van der Waals surface area contributed by atoms with Crippen LogP contribution in [-0.4, -0.2) is 69.1 Å². The summed E-state index contributed by atoms with van der Waals surface area (Å²) in [7, 11) is -4.67. The summed E-state index contributed by atoms with van der Waals surface area (Å²) in [5.41, 5.74) is 0. The largest absolute Gasteiger partial charge is 2.00 e. The smallest absolute Gasteiger partial charge is 1.00 e. The molecule has 8 heavy (non-hydrogen) atoms. The first-order valence-corrected chi connectivity index (χ1v) is 2.10. The van der Waals surface area contributed by atoms with E-state index < -0.39 is 10.4 Å². The van der Waals surface area contributed by atoms with Gasteiger partial charge in [0.15, 0.2) is 0 Å². The summed E-state index contributed by atoms with van der Waals surface area (Å²) in [6.45, 7) is 0. The minimum atomic E-state index is -4.67. The van der Waals surface area contributed by atoms with Gasteiger partial charge in [0.25, 0.3) is 0 Å². The van der Waals surface area contributed by atoms with E-state index in [4.69, 9.17) is 17.5 Å². The van der Waals surface area contributed by atoms with Gasteiger partial charge in [-0.1, -0.05) is 0 Å². The Morgan fingerprint density at radius 3 is 1.12 bits per heavy atom. The summed E-state index contributed by atoms with van der Waals surface area (Å²) in [5, 5.41) is 0. The molecule has 0 atom stereocenters. The van der Waals surface area contributed by atoms with Crippen LogP contribution in [0.3, 0.4) is 0 Å². The zero-order valence-electron chi connectivity index (χ0n) is 8.03. The predicted molar refractivity (Wildman–Crippen MR) is 33.7 cm³/mol. The van der Waals surface area contributed by atoms with Crippen molar-refractivity contribution in [3.63, 3.8) is 0 Å². The van der Waals surface area contributed by atoms with E-state index in [1.807, 2.05) is 0 Å². The van der Waals surface area contributed by atoms with Gasteiger partial charge in [0.05, 0.1) is 0 Å². The van der Waals surface area contributed by atoms with Gasteiger partial charge >= 0.3 is 56.5 Å². The molecular weight excluding hydrogens is 161 g/mol. The molecule has 0 aliphatic heterocycles. The Labute approximate surface area is 85.0 Å². The van der Waals surface area contributed by atoms with E-state index in [-0.39, 0.29) is 57.3 Å². The first-order chi connectivity index (χ1) is 2.00. The van der Waals surface area contributed by atoms with Gasteiger partial charge in [-0.25, -0.2) is 0 Å². The van der Waals surface area contributed by atoms with E-state index in [0.29, 0.717) is 0 Å². The normalized spacial score (nSPS) is 7.25. The van der Waals surface area contributed by atoms with Gasteiger partial charge in [-0.15, -0.1) is 0 Å². The second kappa shape index (κ2) is 8.36. The third-order valence-corrected chi connectivity index (χ3v) is 0. The Bertz CT molecular complexity index is 105. The Kier molecular flexibility index (Phi) is 23.8. The van der Waals surface area contributed by atoms with Crippen LogP contribution >= 0.6 is 0 Å². The maximum absolute atomic E-state index is 8.74. The summed E-state index contributed by atoms with van der Waals surface area (Å²) < 4.78 is 31.6. The Balaban J connectivity index is -0.00000000381. The molecule has 0 spiro atoms. The molecule has 0 amide bonds. The zero-order valence-corrected chi connectivity index (χ0v) is 7.68. The molecule has 0 aromatic heterocycles. The van der Waals surface area contributed by atoms with Crippen LogP contribution in [-0.2, 0) is 10.4 Å². The van der Waals surface area contributed by atoms with Crippen LogP contribution in [0.1, 0.15) is 5.71 Å². The van der Waals surface area contributed by atoms with E-state index in [2.05, 4.69) is 0 Å². The van der Waals surface area contributed by atoms with Crippen molar-refractivity contribution in [2.75, 3.05) is 0 Å². The molecule has 5 nitrogen and oxygen atoms in total. The second-order valence-electron chi connectivity index (χ2n) is 0.448. The van der Waals surface area contributed by atoms with Crippen LogP contribution in [0, 0.1) is 0 Å². The molecule has 0 bridgehead atoms. The maximum Gasteiger partial charge on any atom is 2.00 e. The molecule has 0 saturated carbocycles. The van der Waals surface area contributed by atoms with E-state index in [0.717, 1.165) is 0 Å². The van der Waals surface area contributed by atoms with Gasteiger partial charge in [0, 0.05) is 0 Å². The standard InChI is InChI=1S/2Mg.H2O4S.H2O.4H/c;;1-5(2,3)4;;;;;/h;;(H2,1,2,3,4);1H2;;;;/q2*+2;;;4*-1. The molecule has 0 fully saturated rings. The van der Waals surface area contributed by atoms with Gasteiger partial charge in [-0.05, 0) is 0 Å². The summed E-state index contributed by atoms with van der Waals surface area (Å²) in [6.07, 6.45) is 0. The van der Waals surface area contributed by atoms with Crippen LogP contribution in [0.25, 0.3) is 0 Å². The van der Waals surface area contributed by atoms with Gasteiger partial charge in [0.2, 0.25) is 0 Å². The van der Waals surface area contributed by atoms with Crippen molar-refractivity contribution in [2.45, 2.75) is 0 Å². The van der Waals surface area contributed by atoms with Gasteiger partial charge in [-0.3, -0.25) is 9.11 Å². The van der Waals surface area contributed by atoms with Crippen molar-refractivity contribution >= 4 is 56.5 Å². The molecule has 4 N–H and O–H groups in total. The molecule has 8 heteroatoms. The van der Waals surface area contributed by atoms with Crippen LogP contribution < -0.4 is 0 Å². The topological polar surface area (TPSA) is 106 Å². The second-order valence-corrected chi connectivity index (χ2v) is 1.34. The van der Waals surface area contributed by atoms with Crippen molar-refractivity contribution in [3.05, 3.63) is 0 Å². The first-order valence-electron chi connectivity index (χ1n) is 0.698. The molecule has 0 aliphatic rings. The third-order valence-electron chi connectivity index (χ3n) is 0. The fraction of sp³-hybridized carbons (Fsp3) is 0. The van der Waals surface area contributed by atoms with Crippen LogP contribution in [0.5, 0.6) is 0 Å². The number of hydrogen-bond acceptors (Lipinski definition) is 2. The van der Waals surface area contributed by atoms with Crippen molar-refractivity contribution in [2.24, 2.45) is 0 Å². The summed E-state index contributed by atoms with van der Waals surface area (Å²) >= 11 is 0. The van der Waals surface area contributed by atoms with Crippen molar-refractivity contribution in [1.29, 1.82) is 0 Å². The average Bonchev–Trinajstić information content (AvgIpc) is 0.722. The van der Waals surface area contributed by atoms with Gasteiger partial charge in [0.1, 0.15) is 0 Å². The summed E-state index contributed by atoms with van der Waals surface area (Å²) in [4.78, 5) is 0. The van der Waals surface area contributed by atoms with Crippen molar-refractivity contribution < 1.29 is 28.7 Å². The number of hydrogen-bond donors (Lipinski definition) is 2. The minimum absolute atomic E-state index is 0. The van der Waals surface area contributed by atoms with E-state index in [9.17, 15) is 0 Å². The van der Waals surface area contributed by atoms with Crippen LogP contribution in [0.4, 0.5) is 0 Å². The van der Waals surface area contributed by atoms with Crippen molar-refractivity contribution in [1.82, 2.24) is 0 Å². The predicted octanol–water partition coefficient (Wildman–Crippen LogP) is -1.79. The SMILES string of the molecule is O.O=S(=O)(O)O.[H-].[H-].[H-].[H-].[Mg+2].[Mg+2]. The van der Waals surface area contributed by atoms with Crippen molar-refractivity contribution in [3.8, 4) is 0 Å². The van der Waals surface area contributed by atoms with E-state index in [1.54, 1.807) is 0 Å². The molecule has 0 radical (unpaired) electrons. The van der Waals surface area contributed by atoms with E-state index in [1.165, 1.54) is 0 Å². The van der Waals surface area contributed by atoms with E-state index >= 15 is 0 Å². The Hall–Kier alpha value is 1.36. The molecule has 0 aliphatic carbocycles. The quantitative estimate of drug-likeness (QED) is 0.329. The van der Waals surface area contributed by atoms with Gasteiger partial charge in [-0.2, -0.15) is 8.42 Å². The van der Waals surface area contributed by atoms with Crippen LogP contribution in [0.15, 0.2) is 0 Å².